The number of carbonyl (C=O) groups is 1. The van der Waals surface area contributed by atoms with Crippen LogP contribution in [0.5, 0.6) is 5.75 Å². The van der Waals surface area contributed by atoms with E-state index in [1.165, 1.54) is 5.56 Å². The number of amides is 1. The van der Waals surface area contributed by atoms with E-state index in [0.717, 1.165) is 50.0 Å². The minimum Gasteiger partial charge on any atom is -0.493 e. The van der Waals surface area contributed by atoms with E-state index >= 15 is 0 Å². The van der Waals surface area contributed by atoms with Crippen molar-refractivity contribution in [2.24, 2.45) is 11.8 Å². The summed E-state index contributed by atoms with van der Waals surface area (Å²) in [5.41, 5.74) is 3.66. The van der Waals surface area contributed by atoms with Gasteiger partial charge in [-0.2, -0.15) is 0 Å². The molecule has 0 aromatic heterocycles. The summed E-state index contributed by atoms with van der Waals surface area (Å²) in [6, 6.07) is 16.6. The van der Waals surface area contributed by atoms with Crippen molar-refractivity contribution in [1.82, 2.24) is 5.32 Å². The molecule has 2 atom stereocenters. The second-order valence-electron chi connectivity index (χ2n) is 9.90. The van der Waals surface area contributed by atoms with E-state index in [0.29, 0.717) is 11.7 Å². The van der Waals surface area contributed by atoms with Gasteiger partial charge in [0.05, 0.1) is 18.6 Å². The Hall–Kier alpha value is -2.63. The van der Waals surface area contributed by atoms with Crippen LogP contribution in [0.25, 0.3) is 0 Å². The Morgan fingerprint density at radius 3 is 2.27 bits per heavy atom. The lowest BCUT2D eigenvalue weighted by molar-refractivity contribution is -0.122. The highest BCUT2D eigenvalue weighted by Crippen LogP contribution is 2.48. The van der Waals surface area contributed by atoms with Crippen LogP contribution in [0.3, 0.4) is 0 Å². The molecule has 33 heavy (non-hydrogen) atoms. The Morgan fingerprint density at radius 1 is 1.06 bits per heavy atom. The standard InChI is InChI=1S/C27H32F2N2O2/c1-18(30-26(32)22-6-7-22)19-2-4-20(5-3-19)21-12-14-31(15-13-21)24-8-10-25(11-9-24)33-17-23-16-27(23,28)29/h2-5,8-11,18,21-23H,6-7,12-17H2,1H3,(H,30,32). The third-order valence-corrected chi connectivity index (χ3v) is 7.32. The Kier molecular flexibility index (Phi) is 6.02. The van der Waals surface area contributed by atoms with Gasteiger partial charge in [-0.15, -0.1) is 0 Å². The van der Waals surface area contributed by atoms with E-state index in [1.807, 2.05) is 31.2 Å². The summed E-state index contributed by atoms with van der Waals surface area (Å²) >= 11 is 0. The van der Waals surface area contributed by atoms with E-state index in [1.54, 1.807) is 0 Å². The molecule has 4 nitrogen and oxygen atoms in total. The Bertz CT molecular complexity index is 965. The summed E-state index contributed by atoms with van der Waals surface area (Å²) in [6.45, 7) is 4.09. The molecule has 2 saturated carbocycles. The lowest BCUT2D eigenvalue weighted by Gasteiger charge is -2.34. The lowest BCUT2D eigenvalue weighted by atomic mass is 9.88. The molecule has 1 saturated heterocycles. The molecule has 6 heteroatoms. The Morgan fingerprint density at radius 2 is 1.70 bits per heavy atom. The molecule has 0 spiro atoms. The number of halogens is 2. The molecule has 2 aromatic rings. The molecule has 176 valence electrons. The third kappa shape index (κ3) is 5.31. The zero-order valence-corrected chi connectivity index (χ0v) is 19.1. The van der Waals surface area contributed by atoms with Crippen molar-refractivity contribution in [3.8, 4) is 5.75 Å². The predicted molar refractivity (Wildman–Crippen MR) is 125 cm³/mol. The molecule has 5 rings (SSSR count). The predicted octanol–water partition coefficient (Wildman–Crippen LogP) is 5.69. The lowest BCUT2D eigenvalue weighted by Crippen LogP contribution is -2.32. The topological polar surface area (TPSA) is 41.6 Å². The van der Waals surface area contributed by atoms with Crippen LogP contribution in [0, 0.1) is 11.8 Å². The van der Waals surface area contributed by atoms with Gasteiger partial charge in [-0.1, -0.05) is 24.3 Å². The number of alkyl halides is 2. The summed E-state index contributed by atoms with van der Waals surface area (Å²) in [5, 5.41) is 3.12. The average molecular weight is 455 g/mol. The Balaban J connectivity index is 1.10. The van der Waals surface area contributed by atoms with Gasteiger partial charge in [-0.3, -0.25) is 4.79 Å². The molecule has 1 aliphatic heterocycles. The fourth-order valence-electron chi connectivity index (χ4n) is 4.69. The molecule has 2 aliphatic carbocycles. The van der Waals surface area contributed by atoms with Crippen LogP contribution in [0.4, 0.5) is 14.5 Å². The van der Waals surface area contributed by atoms with Gasteiger partial charge in [-0.05, 0) is 73.9 Å². The number of ether oxygens (including phenoxy) is 1. The average Bonchev–Trinajstić information content (AvgIpc) is 3.75. The number of piperidine rings is 1. The molecule has 1 heterocycles. The van der Waals surface area contributed by atoms with Crippen LogP contribution >= 0.6 is 0 Å². The molecule has 1 amide bonds. The third-order valence-electron chi connectivity index (χ3n) is 7.32. The highest BCUT2D eigenvalue weighted by molar-refractivity contribution is 5.81. The van der Waals surface area contributed by atoms with Crippen LogP contribution in [0.2, 0.25) is 0 Å². The summed E-state index contributed by atoms with van der Waals surface area (Å²) in [4.78, 5) is 14.4. The van der Waals surface area contributed by atoms with E-state index in [2.05, 4.69) is 34.5 Å². The first-order chi connectivity index (χ1) is 15.9. The van der Waals surface area contributed by atoms with Gasteiger partial charge in [0, 0.05) is 31.1 Å². The van der Waals surface area contributed by atoms with Crippen molar-refractivity contribution in [1.29, 1.82) is 0 Å². The normalized spacial score (nSPS) is 23.1. The largest absolute Gasteiger partial charge is 0.493 e. The van der Waals surface area contributed by atoms with E-state index in [9.17, 15) is 13.6 Å². The maximum Gasteiger partial charge on any atom is 0.255 e. The Labute approximate surface area is 194 Å². The minimum atomic E-state index is -2.53. The molecule has 1 N–H and O–H groups in total. The molecule has 3 aliphatic rings. The number of rotatable bonds is 8. The van der Waals surface area contributed by atoms with Crippen LogP contribution in [-0.2, 0) is 4.79 Å². The van der Waals surface area contributed by atoms with E-state index in [-0.39, 0.29) is 30.9 Å². The fourth-order valence-corrected chi connectivity index (χ4v) is 4.69. The molecular formula is C27H32F2N2O2. The SMILES string of the molecule is CC(NC(=O)C1CC1)c1ccc(C2CCN(c3ccc(OCC4CC4(F)F)cc3)CC2)cc1. The van der Waals surface area contributed by atoms with Gasteiger partial charge >= 0.3 is 0 Å². The van der Waals surface area contributed by atoms with Gasteiger partial charge in [0.2, 0.25) is 5.91 Å². The molecule has 0 bridgehead atoms. The number of hydrogen-bond donors (Lipinski definition) is 1. The van der Waals surface area contributed by atoms with E-state index in [4.69, 9.17) is 4.74 Å². The highest BCUT2D eigenvalue weighted by Gasteiger charge is 2.57. The summed E-state index contributed by atoms with van der Waals surface area (Å²) in [7, 11) is 0. The van der Waals surface area contributed by atoms with Crippen LogP contribution in [0.15, 0.2) is 48.5 Å². The molecule has 0 radical (unpaired) electrons. The van der Waals surface area contributed by atoms with Gasteiger partial charge in [0.25, 0.3) is 5.92 Å². The van der Waals surface area contributed by atoms with Crippen LogP contribution < -0.4 is 15.0 Å². The number of anilines is 1. The number of hydrogen-bond acceptors (Lipinski definition) is 3. The van der Waals surface area contributed by atoms with Crippen molar-refractivity contribution in [2.75, 3.05) is 24.6 Å². The number of benzene rings is 2. The van der Waals surface area contributed by atoms with Crippen molar-refractivity contribution >= 4 is 11.6 Å². The molecule has 2 aromatic carbocycles. The molecular weight excluding hydrogens is 422 g/mol. The van der Waals surface area contributed by atoms with Crippen molar-refractivity contribution < 1.29 is 18.3 Å². The summed E-state index contributed by atoms with van der Waals surface area (Å²) < 4.78 is 31.5. The summed E-state index contributed by atoms with van der Waals surface area (Å²) in [6.07, 6.45) is 4.16. The van der Waals surface area contributed by atoms with Crippen molar-refractivity contribution in [2.45, 2.75) is 56.9 Å². The fraction of sp³-hybridized carbons (Fsp3) is 0.519. The van der Waals surface area contributed by atoms with Gasteiger partial charge in [-0.25, -0.2) is 8.78 Å². The maximum atomic E-state index is 13.0. The number of carbonyl (C=O) groups excluding carboxylic acids is 1. The van der Waals surface area contributed by atoms with Crippen molar-refractivity contribution in [3.63, 3.8) is 0 Å². The van der Waals surface area contributed by atoms with Crippen molar-refractivity contribution in [3.05, 3.63) is 59.7 Å². The first kappa shape index (κ1) is 22.2. The van der Waals surface area contributed by atoms with Crippen LogP contribution in [-0.4, -0.2) is 31.5 Å². The highest BCUT2D eigenvalue weighted by atomic mass is 19.3. The first-order valence-corrected chi connectivity index (χ1v) is 12.1. The second kappa shape index (κ2) is 8.96. The zero-order chi connectivity index (χ0) is 23.0. The first-order valence-electron chi connectivity index (χ1n) is 12.1. The van der Waals surface area contributed by atoms with E-state index < -0.39 is 11.8 Å². The van der Waals surface area contributed by atoms with Gasteiger partial charge < -0.3 is 15.0 Å². The smallest absolute Gasteiger partial charge is 0.255 e. The maximum absolute atomic E-state index is 13.0. The van der Waals surface area contributed by atoms with Gasteiger partial charge in [0.15, 0.2) is 0 Å². The molecule has 2 unspecified atom stereocenters. The summed E-state index contributed by atoms with van der Waals surface area (Å²) in [5.74, 6) is -1.56. The molecule has 3 fully saturated rings. The number of nitrogens with zero attached hydrogens (tertiary/aromatic N) is 1. The quantitative estimate of drug-likeness (QED) is 0.557. The number of nitrogens with one attached hydrogen (secondary N) is 1. The van der Waals surface area contributed by atoms with Gasteiger partial charge in [0.1, 0.15) is 5.75 Å². The second-order valence-corrected chi connectivity index (χ2v) is 9.90. The zero-order valence-electron chi connectivity index (χ0n) is 19.1. The van der Waals surface area contributed by atoms with Crippen LogP contribution in [0.1, 0.15) is 62.1 Å². The minimum absolute atomic E-state index is 0.0433. The monoisotopic (exact) mass is 454 g/mol.